The van der Waals surface area contributed by atoms with Crippen LogP contribution in [0.5, 0.6) is 0 Å². The van der Waals surface area contributed by atoms with Gasteiger partial charge >= 0.3 is 5.97 Å². The zero-order chi connectivity index (χ0) is 12.3. The van der Waals surface area contributed by atoms with Crippen molar-refractivity contribution in [2.45, 2.75) is 12.5 Å². The van der Waals surface area contributed by atoms with Gasteiger partial charge in [-0.1, -0.05) is 12.1 Å². The van der Waals surface area contributed by atoms with Gasteiger partial charge in [-0.15, -0.1) is 0 Å². The van der Waals surface area contributed by atoms with Crippen LogP contribution in [0.1, 0.15) is 6.42 Å². The molecule has 0 spiro atoms. The van der Waals surface area contributed by atoms with Gasteiger partial charge in [-0.25, -0.2) is 4.79 Å². The number of carboxylic acid groups (broad SMARTS) is 1. The summed E-state index contributed by atoms with van der Waals surface area (Å²) in [5, 5.41) is 12.3. The Kier molecular flexibility index (Phi) is 4.02. The molecule has 2 unspecified atom stereocenters. The average Bonchev–Trinajstić information content (AvgIpc) is 2.81. The molecule has 92 valence electrons. The molecule has 1 aromatic carbocycles. The van der Waals surface area contributed by atoms with E-state index in [-0.39, 0.29) is 5.92 Å². The highest BCUT2D eigenvalue weighted by molar-refractivity contribution is 9.10. The summed E-state index contributed by atoms with van der Waals surface area (Å²) in [6.45, 7) is 1.15. The molecule has 0 bridgehead atoms. The molecule has 1 aliphatic heterocycles. The van der Waals surface area contributed by atoms with E-state index in [4.69, 9.17) is 4.74 Å². The SMILES string of the molecule is O=C(O)C(Nc1ccccc1Br)C1CCOC1. The quantitative estimate of drug-likeness (QED) is 0.896. The number of hydrogen-bond acceptors (Lipinski definition) is 3. The van der Waals surface area contributed by atoms with Gasteiger partial charge in [-0.3, -0.25) is 0 Å². The highest BCUT2D eigenvalue weighted by Gasteiger charge is 2.31. The molecule has 0 radical (unpaired) electrons. The molecule has 4 nitrogen and oxygen atoms in total. The molecule has 5 heteroatoms. The second-order valence-electron chi connectivity index (χ2n) is 4.06. The Bertz CT molecular complexity index is 404. The fraction of sp³-hybridized carbons (Fsp3) is 0.417. The van der Waals surface area contributed by atoms with E-state index in [9.17, 15) is 9.90 Å². The van der Waals surface area contributed by atoms with Crippen LogP contribution in [0, 0.1) is 5.92 Å². The fourth-order valence-corrected chi connectivity index (χ4v) is 2.34. The molecule has 0 aliphatic carbocycles. The van der Waals surface area contributed by atoms with Crippen molar-refractivity contribution < 1.29 is 14.6 Å². The maximum Gasteiger partial charge on any atom is 0.326 e. The van der Waals surface area contributed by atoms with Crippen molar-refractivity contribution in [3.63, 3.8) is 0 Å². The summed E-state index contributed by atoms with van der Waals surface area (Å²) in [5.41, 5.74) is 0.798. The Morgan fingerprint density at radius 1 is 1.53 bits per heavy atom. The summed E-state index contributed by atoms with van der Waals surface area (Å²) >= 11 is 3.40. The first-order valence-electron chi connectivity index (χ1n) is 5.50. The minimum atomic E-state index is -0.837. The highest BCUT2D eigenvalue weighted by Crippen LogP contribution is 2.26. The molecule has 2 rings (SSSR count). The molecule has 1 aromatic rings. The minimum Gasteiger partial charge on any atom is -0.480 e. The van der Waals surface area contributed by atoms with E-state index < -0.39 is 12.0 Å². The Labute approximate surface area is 108 Å². The van der Waals surface area contributed by atoms with Crippen LogP contribution in [0.2, 0.25) is 0 Å². The fourth-order valence-electron chi connectivity index (χ4n) is 1.94. The molecule has 2 atom stereocenters. The van der Waals surface area contributed by atoms with Crippen LogP contribution in [0.15, 0.2) is 28.7 Å². The van der Waals surface area contributed by atoms with Crippen LogP contribution in [-0.4, -0.2) is 30.3 Å². The Balaban J connectivity index is 2.12. The van der Waals surface area contributed by atoms with Gasteiger partial charge in [0.05, 0.1) is 6.61 Å². The topological polar surface area (TPSA) is 58.6 Å². The molecule has 1 heterocycles. The standard InChI is InChI=1S/C12H14BrNO3/c13-9-3-1-2-4-10(9)14-11(12(15)16)8-5-6-17-7-8/h1-4,8,11,14H,5-7H2,(H,15,16). The summed E-state index contributed by atoms with van der Waals surface area (Å²) in [5.74, 6) is -0.809. The summed E-state index contributed by atoms with van der Waals surface area (Å²) < 4.78 is 6.11. The average molecular weight is 300 g/mol. The van der Waals surface area contributed by atoms with Gasteiger partial charge in [0.15, 0.2) is 0 Å². The number of rotatable bonds is 4. The number of anilines is 1. The van der Waals surface area contributed by atoms with Crippen LogP contribution >= 0.6 is 15.9 Å². The van der Waals surface area contributed by atoms with Gasteiger partial charge in [0.25, 0.3) is 0 Å². The number of halogens is 1. The number of nitrogens with one attached hydrogen (secondary N) is 1. The maximum absolute atomic E-state index is 11.3. The van der Waals surface area contributed by atoms with E-state index in [1.54, 1.807) is 0 Å². The lowest BCUT2D eigenvalue weighted by Crippen LogP contribution is -2.37. The normalized spacial score (nSPS) is 21.1. The molecule has 1 saturated heterocycles. The Hall–Kier alpha value is -1.07. The number of carboxylic acids is 1. The van der Waals surface area contributed by atoms with E-state index >= 15 is 0 Å². The molecule has 17 heavy (non-hydrogen) atoms. The van der Waals surface area contributed by atoms with Crippen molar-refractivity contribution in [3.8, 4) is 0 Å². The predicted octanol–water partition coefficient (Wildman–Crippen LogP) is 2.35. The smallest absolute Gasteiger partial charge is 0.326 e. The lowest BCUT2D eigenvalue weighted by atomic mass is 9.99. The molecule has 0 aromatic heterocycles. The Morgan fingerprint density at radius 2 is 2.29 bits per heavy atom. The number of aliphatic carboxylic acids is 1. The number of benzene rings is 1. The van der Waals surface area contributed by atoms with E-state index in [1.807, 2.05) is 24.3 Å². The van der Waals surface area contributed by atoms with Crippen molar-refractivity contribution in [2.24, 2.45) is 5.92 Å². The van der Waals surface area contributed by atoms with E-state index in [0.717, 1.165) is 16.6 Å². The molecule has 1 aliphatic rings. The molecule has 2 N–H and O–H groups in total. The molecule has 1 fully saturated rings. The number of ether oxygens (including phenoxy) is 1. The van der Waals surface area contributed by atoms with Gasteiger partial charge in [0.1, 0.15) is 6.04 Å². The van der Waals surface area contributed by atoms with Gasteiger partial charge < -0.3 is 15.2 Å². The van der Waals surface area contributed by atoms with Crippen LogP contribution in [-0.2, 0) is 9.53 Å². The molecular formula is C12H14BrNO3. The zero-order valence-electron chi connectivity index (χ0n) is 9.23. The summed E-state index contributed by atoms with van der Waals surface area (Å²) in [7, 11) is 0. The summed E-state index contributed by atoms with van der Waals surface area (Å²) in [6.07, 6.45) is 0.786. The third-order valence-corrected chi connectivity index (χ3v) is 3.58. The lowest BCUT2D eigenvalue weighted by Gasteiger charge is -2.21. The maximum atomic E-state index is 11.3. The predicted molar refractivity (Wildman–Crippen MR) is 68.1 cm³/mol. The summed E-state index contributed by atoms with van der Waals surface area (Å²) in [6, 6.07) is 6.90. The second kappa shape index (κ2) is 5.51. The van der Waals surface area contributed by atoms with Gasteiger partial charge in [-0.2, -0.15) is 0 Å². The monoisotopic (exact) mass is 299 g/mol. The number of para-hydroxylation sites is 1. The first-order chi connectivity index (χ1) is 8.18. The first kappa shape index (κ1) is 12.4. The van der Waals surface area contributed by atoms with Crippen molar-refractivity contribution in [1.82, 2.24) is 0 Å². The molecular weight excluding hydrogens is 286 g/mol. The van der Waals surface area contributed by atoms with Gasteiger partial charge in [0.2, 0.25) is 0 Å². The Morgan fingerprint density at radius 3 is 2.88 bits per heavy atom. The first-order valence-corrected chi connectivity index (χ1v) is 6.29. The van der Waals surface area contributed by atoms with E-state index in [1.165, 1.54) is 0 Å². The number of hydrogen-bond donors (Lipinski definition) is 2. The molecule has 0 saturated carbocycles. The van der Waals surface area contributed by atoms with Crippen LogP contribution in [0.3, 0.4) is 0 Å². The largest absolute Gasteiger partial charge is 0.480 e. The van der Waals surface area contributed by atoms with Crippen molar-refractivity contribution in [3.05, 3.63) is 28.7 Å². The third kappa shape index (κ3) is 2.98. The van der Waals surface area contributed by atoms with Gasteiger partial charge in [0, 0.05) is 22.7 Å². The van der Waals surface area contributed by atoms with Gasteiger partial charge in [-0.05, 0) is 34.5 Å². The van der Waals surface area contributed by atoms with Crippen molar-refractivity contribution in [2.75, 3.05) is 18.5 Å². The lowest BCUT2D eigenvalue weighted by molar-refractivity contribution is -0.139. The molecule has 0 amide bonds. The second-order valence-corrected chi connectivity index (χ2v) is 4.92. The minimum absolute atomic E-state index is 0.0274. The van der Waals surface area contributed by atoms with E-state index in [2.05, 4.69) is 21.2 Å². The van der Waals surface area contributed by atoms with Crippen LogP contribution in [0.4, 0.5) is 5.69 Å². The van der Waals surface area contributed by atoms with Crippen LogP contribution < -0.4 is 5.32 Å². The van der Waals surface area contributed by atoms with Crippen LogP contribution in [0.25, 0.3) is 0 Å². The highest BCUT2D eigenvalue weighted by atomic mass is 79.9. The summed E-state index contributed by atoms with van der Waals surface area (Å²) in [4.78, 5) is 11.3. The third-order valence-electron chi connectivity index (χ3n) is 2.89. The zero-order valence-corrected chi connectivity index (χ0v) is 10.8. The number of carbonyl (C=O) groups is 1. The van der Waals surface area contributed by atoms with Crippen molar-refractivity contribution in [1.29, 1.82) is 0 Å². The van der Waals surface area contributed by atoms with E-state index in [0.29, 0.717) is 13.2 Å². The van der Waals surface area contributed by atoms with Crippen molar-refractivity contribution >= 4 is 27.6 Å².